The molecule has 0 bridgehead atoms. The van der Waals surface area contributed by atoms with Crippen LogP contribution in [0.15, 0.2) is 0 Å². The van der Waals surface area contributed by atoms with Crippen LogP contribution in [0.2, 0.25) is 0 Å². The molecule has 0 spiro atoms. The van der Waals surface area contributed by atoms with Gasteiger partial charge in [-0.3, -0.25) is 0 Å². The zero-order chi connectivity index (χ0) is 11.4. The van der Waals surface area contributed by atoms with Crippen molar-refractivity contribution in [2.45, 2.75) is 25.7 Å². The summed E-state index contributed by atoms with van der Waals surface area (Å²) in [5.41, 5.74) is 6.37. The Labute approximate surface area is 107 Å². The van der Waals surface area contributed by atoms with E-state index in [2.05, 4.69) is 20.9 Å². The molecule has 0 atom stereocenters. The molecule has 6 heteroatoms. The van der Waals surface area contributed by atoms with Gasteiger partial charge in [0.1, 0.15) is 9.98 Å². The summed E-state index contributed by atoms with van der Waals surface area (Å²) in [6, 6.07) is 0. The molecule has 2 rings (SSSR count). The maximum atomic E-state index is 5.26. The smallest absolute Gasteiger partial charge is 0.149 e. The lowest BCUT2D eigenvalue weighted by Crippen LogP contribution is -2.50. The first-order valence-corrected chi connectivity index (χ1v) is 6.69. The first kappa shape index (κ1) is 12.2. The molecule has 4 nitrogen and oxygen atoms in total. The Morgan fingerprint density at radius 3 is 1.31 bits per heavy atom. The van der Waals surface area contributed by atoms with Gasteiger partial charge in [0.15, 0.2) is 0 Å². The molecule has 2 aliphatic rings. The Morgan fingerprint density at radius 2 is 1.00 bits per heavy atom. The predicted octanol–water partition coefficient (Wildman–Crippen LogP) is 0.842. The molecule has 0 saturated carbocycles. The van der Waals surface area contributed by atoms with Gasteiger partial charge in [0.2, 0.25) is 0 Å². The van der Waals surface area contributed by atoms with Crippen LogP contribution >= 0.6 is 24.4 Å². The molecule has 0 aromatic carbocycles. The van der Waals surface area contributed by atoms with Crippen molar-refractivity contribution in [3.8, 4) is 0 Å². The van der Waals surface area contributed by atoms with Crippen LogP contribution in [-0.2, 0) is 0 Å². The van der Waals surface area contributed by atoms with Gasteiger partial charge in [-0.05, 0) is 25.7 Å². The Morgan fingerprint density at radius 1 is 0.688 bits per heavy atom. The quantitative estimate of drug-likeness (QED) is 0.714. The fraction of sp³-hybridized carbons (Fsp3) is 0.800. The van der Waals surface area contributed by atoms with E-state index >= 15 is 0 Å². The molecule has 0 aliphatic carbocycles. The Balaban J connectivity index is 1.72. The maximum Gasteiger partial charge on any atom is 0.149 e. The van der Waals surface area contributed by atoms with Crippen LogP contribution in [0, 0.1) is 0 Å². The van der Waals surface area contributed by atoms with Gasteiger partial charge in [0.05, 0.1) is 0 Å². The SMILES string of the molecule is S=C(NN1CCCC1)C(=S)NN1CCCC1. The van der Waals surface area contributed by atoms with E-state index in [1.165, 1.54) is 25.7 Å². The van der Waals surface area contributed by atoms with Crippen LogP contribution in [0.5, 0.6) is 0 Å². The Bertz CT molecular complexity index is 242. The van der Waals surface area contributed by atoms with Crippen molar-refractivity contribution in [1.29, 1.82) is 0 Å². The molecular weight excluding hydrogens is 240 g/mol. The van der Waals surface area contributed by atoms with E-state index in [1.54, 1.807) is 0 Å². The second-order valence-electron chi connectivity index (χ2n) is 4.27. The van der Waals surface area contributed by atoms with Gasteiger partial charge in [-0.1, -0.05) is 24.4 Å². The van der Waals surface area contributed by atoms with E-state index in [1.807, 2.05) is 0 Å². The standard InChI is InChI=1S/C10H18N4S2/c15-9(11-13-5-1-2-6-13)10(16)12-14-7-3-4-8-14/h1-8H2,(H,11,15)(H,12,16). The normalized spacial score (nSPS) is 22.2. The molecule has 0 aromatic rings. The average Bonchev–Trinajstić information content (AvgIpc) is 2.90. The minimum atomic E-state index is 0.642. The van der Waals surface area contributed by atoms with Crippen LogP contribution < -0.4 is 10.9 Å². The topological polar surface area (TPSA) is 30.5 Å². The molecule has 2 heterocycles. The van der Waals surface area contributed by atoms with Crippen molar-refractivity contribution in [1.82, 2.24) is 20.9 Å². The highest BCUT2D eigenvalue weighted by Crippen LogP contribution is 2.05. The van der Waals surface area contributed by atoms with Gasteiger partial charge in [-0.2, -0.15) is 0 Å². The van der Waals surface area contributed by atoms with Gasteiger partial charge in [-0.15, -0.1) is 0 Å². The first-order chi connectivity index (χ1) is 7.75. The lowest BCUT2D eigenvalue weighted by atomic mass is 10.4. The lowest BCUT2D eigenvalue weighted by molar-refractivity contribution is 0.290. The summed E-state index contributed by atoms with van der Waals surface area (Å²) in [6.07, 6.45) is 4.95. The summed E-state index contributed by atoms with van der Waals surface area (Å²) in [5, 5.41) is 4.28. The third-order valence-corrected chi connectivity index (χ3v) is 3.66. The summed E-state index contributed by atoms with van der Waals surface area (Å²) in [6.45, 7) is 4.25. The third-order valence-electron chi connectivity index (χ3n) is 2.94. The summed E-state index contributed by atoms with van der Waals surface area (Å²) in [7, 11) is 0. The predicted molar refractivity (Wildman–Crippen MR) is 73.1 cm³/mol. The molecule has 0 amide bonds. The zero-order valence-electron chi connectivity index (χ0n) is 9.37. The average molecular weight is 258 g/mol. The highest BCUT2D eigenvalue weighted by molar-refractivity contribution is 7.89. The summed E-state index contributed by atoms with van der Waals surface area (Å²) >= 11 is 10.5. The highest BCUT2D eigenvalue weighted by atomic mass is 32.1. The fourth-order valence-corrected chi connectivity index (χ4v) is 2.40. The monoisotopic (exact) mass is 258 g/mol. The van der Waals surface area contributed by atoms with E-state index in [4.69, 9.17) is 24.4 Å². The van der Waals surface area contributed by atoms with E-state index in [0.717, 1.165) is 26.2 Å². The van der Waals surface area contributed by atoms with Gasteiger partial charge in [0, 0.05) is 26.2 Å². The van der Waals surface area contributed by atoms with Gasteiger partial charge in [0.25, 0.3) is 0 Å². The molecule has 2 fully saturated rings. The minimum absolute atomic E-state index is 0.642. The van der Waals surface area contributed by atoms with E-state index in [-0.39, 0.29) is 0 Å². The number of nitrogens with one attached hydrogen (secondary N) is 2. The third kappa shape index (κ3) is 3.35. The summed E-state index contributed by atoms with van der Waals surface area (Å²) in [5.74, 6) is 0. The number of thiocarbonyl (C=S) groups is 2. The van der Waals surface area contributed by atoms with Crippen molar-refractivity contribution in [3.63, 3.8) is 0 Å². The van der Waals surface area contributed by atoms with Crippen LogP contribution in [0.1, 0.15) is 25.7 Å². The van der Waals surface area contributed by atoms with E-state index < -0.39 is 0 Å². The van der Waals surface area contributed by atoms with Crippen molar-refractivity contribution >= 4 is 34.4 Å². The van der Waals surface area contributed by atoms with Crippen LogP contribution in [0.4, 0.5) is 0 Å². The molecule has 0 unspecified atom stereocenters. The van der Waals surface area contributed by atoms with Crippen molar-refractivity contribution in [2.75, 3.05) is 26.2 Å². The number of hydrogen-bond acceptors (Lipinski definition) is 4. The van der Waals surface area contributed by atoms with Crippen LogP contribution in [-0.4, -0.2) is 46.2 Å². The van der Waals surface area contributed by atoms with E-state index in [0.29, 0.717) is 9.98 Å². The molecule has 0 aromatic heterocycles. The largest absolute Gasteiger partial charge is 0.307 e. The Kier molecular flexibility index (Phi) is 4.45. The fourth-order valence-electron chi connectivity index (χ4n) is 2.05. The summed E-state index contributed by atoms with van der Waals surface area (Å²) in [4.78, 5) is 1.28. The number of hydrazine groups is 2. The lowest BCUT2D eigenvalue weighted by Gasteiger charge is -2.22. The zero-order valence-corrected chi connectivity index (χ0v) is 11.0. The molecule has 2 N–H and O–H groups in total. The van der Waals surface area contributed by atoms with Crippen molar-refractivity contribution < 1.29 is 0 Å². The van der Waals surface area contributed by atoms with Crippen LogP contribution in [0.25, 0.3) is 0 Å². The number of rotatable bonds is 2. The molecule has 16 heavy (non-hydrogen) atoms. The summed E-state index contributed by atoms with van der Waals surface area (Å²) < 4.78 is 0. The number of nitrogens with zero attached hydrogens (tertiary/aromatic N) is 2. The second-order valence-corrected chi connectivity index (χ2v) is 5.09. The Hall–Kier alpha value is -0.300. The minimum Gasteiger partial charge on any atom is -0.307 e. The van der Waals surface area contributed by atoms with E-state index in [9.17, 15) is 0 Å². The molecule has 2 saturated heterocycles. The van der Waals surface area contributed by atoms with Gasteiger partial charge in [-0.25, -0.2) is 10.0 Å². The van der Waals surface area contributed by atoms with Crippen molar-refractivity contribution in [2.24, 2.45) is 0 Å². The number of hydrogen-bond donors (Lipinski definition) is 2. The second kappa shape index (κ2) is 5.86. The highest BCUT2D eigenvalue weighted by Gasteiger charge is 2.17. The maximum absolute atomic E-state index is 5.26. The van der Waals surface area contributed by atoms with Gasteiger partial charge < -0.3 is 10.9 Å². The molecule has 2 aliphatic heterocycles. The van der Waals surface area contributed by atoms with Crippen LogP contribution in [0.3, 0.4) is 0 Å². The molecule has 0 radical (unpaired) electrons. The van der Waals surface area contributed by atoms with Gasteiger partial charge >= 0.3 is 0 Å². The van der Waals surface area contributed by atoms with Crippen molar-refractivity contribution in [3.05, 3.63) is 0 Å². The first-order valence-electron chi connectivity index (χ1n) is 5.87. The molecular formula is C10H18N4S2. The molecule has 90 valence electrons.